The largest absolute Gasteiger partial charge is 0.554 e. The molecule has 1 N–H and O–H groups in total. The maximum Gasteiger partial charge on any atom is 0.435 e. The zero-order chi connectivity index (χ0) is 37.8. The summed E-state index contributed by atoms with van der Waals surface area (Å²) in [4.78, 5) is 63.3. The summed E-state index contributed by atoms with van der Waals surface area (Å²) in [7, 11) is 5.75. The van der Waals surface area contributed by atoms with E-state index in [1.165, 1.54) is 48.3 Å². The zero-order valence-corrected chi connectivity index (χ0v) is 29.3. The fourth-order valence-corrected chi connectivity index (χ4v) is 6.44. The Morgan fingerprint density at radius 2 is 1.63 bits per heavy atom. The van der Waals surface area contributed by atoms with E-state index in [1.807, 2.05) is 4.90 Å². The van der Waals surface area contributed by atoms with E-state index < -0.39 is 24.2 Å². The molecule has 276 valence electrons. The highest BCUT2D eigenvalue weighted by Crippen LogP contribution is 2.37. The van der Waals surface area contributed by atoms with Gasteiger partial charge in [0.2, 0.25) is 11.9 Å². The second-order valence-corrected chi connectivity index (χ2v) is 13.3. The number of halogens is 4. The van der Waals surface area contributed by atoms with E-state index in [0.717, 1.165) is 47.5 Å². The Bertz CT molecular complexity index is 1930. The summed E-state index contributed by atoms with van der Waals surface area (Å²) < 4.78 is 44.9. The number of quaternary nitrogens is 1. The molecule has 0 saturated carbocycles. The Labute approximate surface area is 301 Å². The Morgan fingerprint density at radius 1 is 1.02 bits per heavy atom. The van der Waals surface area contributed by atoms with E-state index in [2.05, 4.69) is 39.5 Å². The number of likely N-dealkylation sites (tertiary alicyclic amines) is 1. The van der Waals surface area contributed by atoms with Crippen LogP contribution < -0.4 is 10.4 Å². The molecule has 2 aliphatic heterocycles. The molecular weight excluding hydrogens is 709 g/mol. The van der Waals surface area contributed by atoms with Gasteiger partial charge in [0.1, 0.15) is 0 Å². The van der Waals surface area contributed by atoms with Gasteiger partial charge in [-0.3, -0.25) is 14.4 Å². The molecule has 2 saturated heterocycles. The highest BCUT2D eigenvalue weighted by atomic mass is 35.5. The number of imidazole rings is 1. The van der Waals surface area contributed by atoms with E-state index >= 15 is 0 Å². The molecule has 0 unspecified atom stereocenters. The van der Waals surface area contributed by atoms with E-state index in [-0.39, 0.29) is 57.0 Å². The second kappa shape index (κ2) is 15.5. The van der Waals surface area contributed by atoms with E-state index in [9.17, 15) is 27.6 Å². The van der Waals surface area contributed by atoms with Gasteiger partial charge < -0.3 is 34.1 Å². The number of carbonyl (C=O) groups is 4. The van der Waals surface area contributed by atoms with E-state index in [0.29, 0.717) is 26.2 Å². The molecule has 19 heteroatoms. The smallest absolute Gasteiger partial charge is 0.435 e. The Kier molecular flexibility index (Phi) is 11.3. The Morgan fingerprint density at radius 3 is 2.23 bits per heavy atom. The van der Waals surface area contributed by atoms with Gasteiger partial charge in [-0.1, -0.05) is 11.6 Å². The monoisotopic (exact) mass is 744 g/mol. The summed E-state index contributed by atoms with van der Waals surface area (Å²) in [6.07, 6.45) is 1.94. The van der Waals surface area contributed by atoms with Gasteiger partial charge in [-0.15, -0.1) is 0 Å². The van der Waals surface area contributed by atoms with Crippen LogP contribution in [0, 0.1) is 5.92 Å². The van der Waals surface area contributed by atoms with Crippen LogP contribution in [0.2, 0.25) is 5.02 Å². The van der Waals surface area contributed by atoms with Crippen molar-refractivity contribution in [1.82, 2.24) is 39.1 Å². The molecule has 1 aromatic carbocycles. The summed E-state index contributed by atoms with van der Waals surface area (Å²) >= 11 is 6.49. The first-order valence-electron chi connectivity index (χ1n) is 16.2. The first-order valence-corrected chi connectivity index (χ1v) is 16.5. The highest BCUT2D eigenvalue weighted by molar-refractivity contribution is 6.34. The van der Waals surface area contributed by atoms with Crippen LogP contribution in [-0.2, 0) is 22.8 Å². The van der Waals surface area contributed by atoms with Crippen molar-refractivity contribution < 1.29 is 41.9 Å². The zero-order valence-electron chi connectivity index (χ0n) is 28.5. The van der Waals surface area contributed by atoms with E-state index in [1.54, 1.807) is 4.90 Å². The van der Waals surface area contributed by atoms with Gasteiger partial charge in [-0.05, 0) is 24.3 Å². The van der Waals surface area contributed by atoms with Crippen molar-refractivity contribution in [3.63, 3.8) is 0 Å². The summed E-state index contributed by atoms with van der Waals surface area (Å²) in [6.45, 7) is 3.08. The average molecular weight is 745 g/mol. The van der Waals surface area contributed by atoms with Gasteiger partial charge in [-0.2, -0.15) is 18.3 Å². The molecule has 0 spiro atoms. The Balaban J connectivity index is 0.00000168. The van der Waals surface area contributed by atoms with Crippen molar-refractivity contribution in [2.24, 2.45) is 13.0 Å². The van der Waals surface area contributed by atoms with Crippen LogP contribution in [0.1, 0.15) is 39.5 Å². The van der Waals surface area contributed by atoms with Crippen LogP contribution in [0.15, 0.2) is 49.1 Å². The number of piperidine rings is 1. The van der Waals surface area contributed by atoms with Crippen LogP contribution >= 0.6 is 11.6 Å². The maximum absolute atomic E-state index is 14.0. The molecular formula is C33H36ClF3N10O5. The third-order valence-electron chi connectivity index (χ3n) is 9.06. The average Bonchev–Trinajstić information content (AvgIpc) is 3.73. The minimum Gasteiger partial charge on any atom is -0.554 e. The van der Waals surface area contributed by atoms with Gasteiger partial charge in [0, 0.05) is 82.7 Å². The molecule has 0 aliphatic carbocycles. The molecule has 52 heavy (non-hydrogen) atoms. The normalized spacial score (nSPS) is 16.1. The third kappa shape index (κ3) is 8.39. The lowest BCUT2D eigenvalue weighted by Crippen LogP contribution is -2.54. The second-order valence-electron chi connectivity index (χ2n) is 12.9. The predicted octanol–water partition coefficient (Wildman–Crippen LogP) is 2.12. The summed E-state index contributed by atoms with van der Waals surface area (Å²) in [6, 6.07) is 5.95. The highest BCUT2D eigenvalue weighted by Gasteiger charge is 2.39. The molecule has 6 rings (SSSR count). The lowest BCUT2D eigenvalue weighted by Gasteiger charge is -2.40. The van der Waals surface area contributed by atoms with Gasteiger partial charge in [0.05, 0.1) is 55.2 Å². The third-order valence-corrected chi connectivity index (χ3v) is 9.37. The molecule has 0 radical (unpaired) electrons. The first kappa shape index (κ1) is 37.9. The topological polar surface area (TPSA) is 171 Å². The molecule has 0 atom stereocenters. The minimum absolute atomic E-state index is 0.0117. The minimum atomic E-state index is -4.81. The lowest BCUT2D eigenvalue weighted by atomic mass is 9.94. The molecule has 4 aromatic rings. The number of amides is 3. The van der Waals surface area contributed by atoms with Crippen molar-refractivity contribution in [3.05, 3.63) is 71.2 Å². The van der Waals surface area contributed by atoms with Crippen molar-refractivity contribution in [2.45, 2.75) is 19.0 Å². The number of hydrogen-bond donors (Lipinski definition) is 1. The number of anilines is 1. The SMILES string of the molecule is Cn1c(-c2cn(-c3ncccn3)nc2C(F)(F)F)cnc1C(=O)Nc1ccc(C(=O)N2CCN(C(=O)C3CC[N+](C)(C)CC3)CC2)c(Cl)c1.O=C[O-]. The number of benzene rings is 1. The molecule has 3 amide bonds. The van der Waals surface area contributed by atoms with Crippen LogP contribution in [0.4, 0.5) is 18.9 Å². The molecule has 3 aromatic heterocycles. The number of carbonyl (C=O) groups excluding carboxylic acids is 4. The number of nitrogens with one attached hydrogen (secondary N) is 1. The molecule has 15 nitrogen and oxygen atoms in total. The molecule has 2 fully saturated rings. The molecule has 2 aliphatic rings. The lowest BCUT2D eigenvalue weighted by molar-refractivity contribution is -0.895. The predicted molar refractivity (Wildman–Crippen MR) is 179 cm³/mol. The summed E-state index contributed by atoms with van der Waals surface area (Å²) in [5, 5.41) is 14.7. The summed E-state index contributed by atoms with van der Waals surface area (Å²) in [5.41, 5.74) is -1.02. The number of alkyl halides is 3. The number of aromatic nitrogens is 6. The maximum atomic E-state index is 14.0. The van der Waals surface area contributed by atoms with Gasteiger partial charge >= 0.3 is 6.18 Å². The number of hydrogen-bond acceptors (Lipinski definition) is 9. The Hall–Kier alpha value is -5.36. The first-order chi connectivity index (χ1) is 24.6. The summed E-state index contributed by atoms with van der Waals surface area (Å²) in [5.74, 6) is -1.06. The van der Waals surface area contributed by atoms with Gasteiger partial charge in [0.15, 0.2) is 11.5 Å². The number of rotatable bonds is 6. The fourth-order valence-electron chi connectivity index (χ4n) is 6.18. The van der Waals surface area contributed by atoms with Crippen LogP contribution in [0.5, 0.6) is 0 Å². The van der Waals surface area contributed by atoms with Crippen LogP contribution in [-0.4, -0.2) is 121 Å². The van der Waals surface area contributed by atoms with Gasteiger partial charge in [0.25, 0.3) is 11.8 Å². The number of nitrogens with zero attached hydrogens (tertiary/aromatic N) is 9. The van der Waals surface area contributed by atoms with Crippen molar-refractivity contribution >= 4 is 41.5 Å². The van der Waals surface area contributed by atoms with Crippen molar-refractivity contribution in [3.8, 4) is 17.2 Å². The molecule has 0 bridgehead atoms. The molecule has 5 heterocycles. The standard InChI is InChI=1S/C32H34ClF3N10O3.CH2O2/c1-42-25(23-19-45(31-37-9-4-10-38-31)41-26(23)32(34,35)36)18-39-27(42)28(47)40-21-5-6-22(24(33)17-21)30(49)44-13-11-43(12-14-44)29(48)20-7-15-46(2,3)16-8-20;2-1-3/h4-6,9-10,17-20H,7-8,11-16H2,1-3H3;1H,(H,2,3). The van der Waals surface area contributed by atoms with Crippen LogP contribution in [0.3, 0.4) is 0 Å². The quantitative estimate of drug-likeness (QED) is 0.230. The number of carboxylic acid groups (broad SMARTS) is 1. The van der Waals surface area contributed by atoms with Gasteiger partial charge in [-0.25, -0.2) is 19.6 Å². The van der Waals surface area contributed by atoms with Crippen LogP contribution in [0.25, 0.3) is 17.2 Å². The van der Waals surface area contributed by atoms with Crippen molar-refractivity contribution in [2.75, 3.05) is 58.7 Å². The number of piperazine rings is 1. The van der Waals surface area contributed by atoms with Crippen molar-refractivity contribution in [1.29, 1.82) is 0 Å². The van der Waals surface area contributed by atoms with E-state index in [4.69, 9.17) is 21.5 Å². The fraction of sp³-hybridized carbons (Fsp3) is 0.394.